The van der Waals surface area contributed by atoms with Crippen LogP contribution in [0.3, 0.4) is 0 Å². The van der Waals surface area contributed by atoms with Crippen molar-refractivity contribution in [1.82, 2.24) is 4.98 Å². The van der Waals surface area contributed by atoms with Gasteiger partial charge in [0, 0.05) is 5.69 Å². The second-order valence-corrected chi connectivity index (χ2v) is 4.29. The monoisotopic (exact) mass is 238 g/mol. The summed E-state index contributed by atoms with van der Waals surface area (Å²) in [5.74, 6) is 1.10. The SMILES string of the molecule is Cc1ccc(Oc2nc(C)ccc2C#N)c(C)c1. The molecule has 0 aliphatic heterocycles. The van der Waals surface area contributed by atoms with Crippen molar-refractivity contribution in [3.05, 3.63) is 52.7 Å². The Kier molecular flexibility index (Phi) is 3.29. The molecule has 0 fully saturated rings. The van der Waals surface area contributed by atoms with Gasteiger partial charge in [0.2, 0.25) is 5.88 Å². The van der Waals surface area contributed by atoms with Gasteiger partial charge in [0.05, 0.1) is 0 Å². The van der Waals surface area contributed by atoms with Crippen molar-refractivity contribution < 1.29 is 4.74 Å². The van der Waals surface area contributed by atoms with Crippen molar-refractivity contribution in [2.24, 2.45) is 0 Å². The Morgan fingerprint density at radius 2 is 1.89 bits per heavy atom. The average Bonchev–Trinajstić information content (AvgIpc) is 2.33. The van der Waals surface area contributed by atoms with E-state index in [4.69, 9.17) is 10.00 Å². The summed E-state index contributed by atoms with van der Waals surface area (Å²) in [5.41, 5.74) is 3.48. The average molecular weight is 238 g/mol. The molecule has 18 heavy (non-hydrogen) atoms. The molecular formula is C15H14N2O. The molecule has 2 aromatic rings. The second-order valence-electron chi connectivity index (χ2n) is 4.29. The van der Waals surface area contributed by atoms with Crippen molar-refractivity contribution in [2.75, 3.05) is 0 Å². The topological polar surface area (TPSA) is 45.9 Å². The van der Waals surface area contributed by atoms with E-state index >= 15 is 0 Å². The van der Waals surface area contributed by atoms with Gasteiger partial charge in [0.25, 0.3) is 0 Å². The lowest BCUT2D eigenvalue weighted by molar-refractivity contribution is 0.456. The van der Waals surface area contributed by atoms with Crippen LogP contribution in [-0.4, -0.2) is 4.98 Å². The number of aromatic nitrogens is 1. The van der Waals surface area contributed by atoms with E-state index in [0.29, 0.717) is 11.4 Å². The Morgan fingerprint density at radius 1 is 1.11 bits per heavy atom. The zero-order valence-electron chi connectivity index (χ0n) is 10.7. The summed E-state index contributed by atoms with van der Waals surface area (Å²) in [6.45, 7) is 5.88. The van der Waals surface area contributed by atoms with Crippen LogP contribution in [0.15, 0.2) is 30.3 Å². The van der Waals surface area contributed by atoms with Crippen LogP contribution in [0.4, 0.5) is 0 Å². The highest BCUT2D eigenvalue weighted by Crippen LogP contribution is 2.26. The van der Waals surface area contributed by atoms with Crippen molar-refractivity contribution in [1.29, 1.82) is 5.26 Å². The molecule has 0 aliphatic carbocycles. The Balaban J connectivity index is 2.40. The third kappa shape index (κ3) is 2.49. The number of ether oxygens (including phenoxy) is 1. The third-order valence-corrected chi connectivity index (χ3v) is 2.66. The molecule has 0 spiro atoms. The fourth-order valence-corrected chi connectivity index (χ4v) is 1.71. The number of benzene rings is 1. The highest BCUT2D eigenvalue weighted by Gasteiger charge is 2.08. The van der Waals surface area contributed by atoms with E-state index in [1.54, 1.807) is 12.1 Å². The summed E-state index contributed by atoms with van der Waals surface area (Å²) in [4.78, 5) is 4.26. The molecule has 90 valence electrons. The van der Waals surface area contributed by atoms with Crippen molar-refractivity contribution in [2.45, 2.75) is 20.8 Å². The number of nitriles is 1. The summed E-state index contributed by atoms with van der Waals surface area (Å²) in [6, 6.07) is 11.5. The van der Waals surface area contributed by atoms with Gasteiger partial charge in [-0.3, -0.25) is 0 Å². The molecule has 3 nitrogen and oxygen atoms in total. The molecule has 1 aromatic carbocycles. The summed E-state index contributed by atoms with van der Waals surface area (Å²) >= 11 is 0. The minimum atomic E-state index is 0.365. The molecule has 2 rings (SSSR count). The highest BCUT2D eigenvalue weighted by molar-refractivity contribution is 5.44. The van der Waals surface area contributed by atoms with Crippen LogP contribution in [0, 0.1) is 32.1 Å². The summed E-state index contributed by atoms with van der Waals surface area (Å²) in [7, 11) is 0. The van der Waals surface area contributed by atoms with E-state index in [1.165, 1.54) is 5.56 Å². The standard InChI is InChI=1S/C15H14N2O/c1-10-4-7-14(11(2)8-10)18-15-13(9-16)6-5-12(3)17-15/h4-8H,1-3H3. The van der Waals surface area contributed by atoms with Gasteiger partial charge in [-0.2, -0.15) is 5.26 Å². The number of nitrogens with zero attached hydrogens (tertiary/aromatic N) is 2. The number of rotatable bonds is 2. The lowest BCUT2D eigenvalue weighted by Gasteiger charge is -2.10. The van der Waals surface area contributed by atoms with E-state index in [1.807, 2.05) is 39.0 Å². The van der Waals surface area contributed by atoms with Gasteiger partial charge in [0.1, 0.15) is 17.4 Å². The van der Waals surface area contributed by atoms with Crippen LogP contribution < -0.4 is 4.74 Å². The van der Waals surface area contributed by atoms with E-state index in [-0.39, 0.29) is 0 Å². The molecule has 0 N–H and O–H groups in total. The van der Waals surface area contributed by atoms with Crippen molar-refractivity contribution in [3.8, 4) is 17.7 Å². The number of aryl methyl sites for hydroxylation is 3. The fourth-order valence-electron chi connectivity index (χ4n) is 1.71. The third-order valence-electron chi connectivity index (χ3n) is 2.66. The molecular weight excluding hydrogens is 224 g/mol. The smallest absolute Gasteiger partial charge is 0.237 e. The van der Waals surface area contributed by atoms with Crippen LogP contribution in [-0.2, 0) is 0 Å². The molecule has 0 saturated heterocycles. The zero-order valence-corrected chi connectivity index (χ0v) is 10.7. The van der Waals surface area contributed by atoms with Crippen LogP contribution >= 0.6 is 0 Å². The minimum absolute atomic E-state index is 0.365. The van der Waals surface area contributed by atoms with Gasteiger partial charge in [-0.25, -0.2) is 4.98 Å². The van der Waals surface area contributed by atoms with Gasteiger partial charge in [-0.05, 0) is 44.5 Å². The maximum atomic E-state index is 9.03. The molecule has 1 heterocycles. The van der Waals surface area contributed by atoms with Gasteiger partial charge in [-0.15, -0.1) is 0 Å². The largest absolute Gasteiger partial charge is 0.437 e. The highest BCUT2D eigenvalue weighted by atomic mass is 16.5. The van der Waals surface area contributed by atoms with Crippen LogP contribution in [0.2, 0.25) is 0 Å². The first-order valence-corrected chi connectivity index (χ1v) is 5.73. The number of hydrogen-bond donors (Lipinski definition) is 0. The molecule has 0 unspecified atom stereocenters. The summed E-state index contributed by atoms with van der Waals surface area (Å²) in [5, 5.41) is 9.03. The minimum Gasteiger partial charge on any atom is -0.437 e. The van der Waals surface area contributed by atoms with Crippen LogP contribution in [0.1, 0.15) is 22.4 Å². The second kappa shape index (κ2) is 4.89. The summed E-state index contributed by atoms with van der Waals surface area (Å²) < 4.78 is 5.73. The van der Waals surface area contributed by atoms with E-state index in [9.17, 15) is 0 Å². The van der Waals surface area contributed by atoms with Gasteiger partial charge >= 0.3 is 0 Å². The van der Waals surface area contributed by atoms with E-state index in [2.05, 4.69) is 11.1 Å². The first-order valence-electron chi connectivity index (χ1n) is 5.73. The quantitative estimate of drug-likeness (QED) is 0.801. The van der Waals surface area contributed by atoms with Gasteiger partial charge in [-0.1, -0.05) is 17.7 Å². The van der Waals surface area contributed by atoms with Gasteiger partial charge < -0.3 is 4.74 Å². The number of pyridine rings is 1. The van der Waals surface area contributed by atoms with E-state index < -0.39 is 0 Å². The molecule has 0 aliphatic rings. The van der Waals surface area contributed by atoms with Crippen LogP contribution in [0.25, 0.3) is 0 Å². The predicted molar refractivity (Wildman–Crippen MR) is 69.7 cm³/mol. The van der Waals surface area contributed by atoms with E-state index in [0.717, 1.165) is 17.0 Å². The molecule has 0 saturated carbocycles. The Morgan fingerprint density at radius 3 is 2.56 bits per heavy atom. The van der Waals surface area contributed by atoms with Crippen LogP contribution in [0.5, 0.6) is 11.6 Å². The molecule has 3 heteroatoms. The van der Waals surface area contributed by atoms with Crippen molar-refractivity contribution >= 4 is 0 Å². The molecule has 0 atom stereocenters. The lowest BCUT2D eigenvalue weighted by Crippen LogP contribution is -1.95. The molecule has 0 bridgehead atoms. The molecule has 0 radical (unpaired) electrons. The maximum absolute atomic E-state index is 9.03. The lowest BCUT2D eigenvalue weighted by atomic mass is 10.1. The molecule has 1 aromatic heterocycles. The summed E-state index contributed by atoms with van der Waals surface area (Å²) in [6.07, 6.45) is 0. The Bertz CT molecular complexity index is 627. The zero-order chi connectivity index (χ0) is 13.1. The predicted octanol–water partition coefficient (Wildman–Crippen LogP) is 3.67. The first-order chi connectivity index (χ1) is 8.60. The first kappa shape index (κ1) is 12.1. The van der Waals surface area contributed by atoms with Crippen molar-refractivity contribution in [3.63, 3.8) is 0 Å². The van der Waals surface area contributed by atoms with Gasteiger partial charge in [0.15, 0.2) is 0 Å². The normalized spacial score (nSPS) is 9.89. The fraction of sp³-hybridized carbons (Fsp3) is 0.200. The Labute approximate surface area is 107 Å². The number of hydrogen-bond acceptors (Lipinski definition) is 3. The molecule has 0 amide bonds. The Hall–Kier alpha value is -2.34. The maximum Gasteiger partial charge on any atom is 0.237 e.